The Morgan fingerprint density at radius 1 is 1.47 bits per heavy atom. The molecule has 0 saturated heterocycles. The van der Waals surface area contributed by atoms with Crippen LogP contribution >= 0.6 is 0 Å². The number of carbonyl (C=O) groups excluding carboxylic acids is 1. The smallest absolute Gasteiger partial charge is 0.406 e. The van der Waals surface area contributed by atoms with Gasteiger partial charge in [-0.15, -0.1) is 5.53 Å². The summed E-state index contributed by atoms with van der Waals surface area (Å²) in [5.41, 5.74) is 12.4. The Hall–Kier alpha value is -1.51. The van der Waals surface area contributed by atoms with E-state index in [1.54, 1.807) is 0 Å². The molecular formula is C11H26N6O2. The van der Waals surface area contributed by atoms with Gasteiger partial charge in [-0.2, -0.15) is 0 Å². The number of rotatable bonds is 7. The van der Waals surface area contributed by atoms with Crippen LogP contribution in [0.2, 0.25) is 0 Å². The summed E-state index contributed by atoms with van der Waals surface area (Å²) in [4.78, 5) is 10.8. The van der Waals surface area contributed by atoms with Gasteiger partial charge in [0.25, 0.3) is 0 Å². The lowest BCUT2D eigenvalue weighted by atomic mass is 10.4. The fourth-order valence-electron chi connectivity index (χ4n) is 1.28. The van der Waals surface area contributed by atoms with Gasteiger partial charge in [0.1, 0.15) is 0 Å². The number of carbonyl (C=O) groups is 1. The lowest BCUT2D eigenvalue weighted by molar-refractivity contribution is 0.168. The minimum atomic E-state index is -0.425. The maximum atomic E-state index is 10.8. The molecule has 0 spiro atoms. The minimum Gasteiger partial charge on any atom is -0.453 e. The molecule has 0 saturated carbocycles. The van der Waals surface area contributed by atoms with E-state index in [0.717, 1.165) is 18.8 Å². The van der Waals surface area contributed by atoms with Crippen LogP contribution in [0.4, 0.5) is 4.79 Å². The molecule has 0 aliphatic carbocycles. The third kappa shape index (κ3) is 8.25. The van der Waals surface area contributed by atoms with Gasteiger partial charge in [0.05, 0.1) is 19.4 Å². The summed E-state index contributed by atoms with van der Waals surface area (Å²) in [6.07, 6.45) is 1.51. The molecule has 0 aromatic carbocycles. The van der Waals surface area contributed by atoms with Gasteiger partial charge in [-0.3, -0.25) is 5.01 Å². The van der Waals surface area contributed by atoms with Gasteiger partial charge in [0, 0.05) is 32.4 Å². The van der Waals surface area contributed by atoms with Crippen LogP contribution in [0.25, 0.3) is 0 Å². The number of nitrogens with zero attached hydrogens (tertiary/aromatic N) is 1. The number of hydrogen-bond donors (Lipinski definition) is 5. The SMILES string of the molecule is CC.COC(=O)NCCN1C=C(CNCCN)NN1. The van der Waals surface area contributed by atoms with Crippen molar-refractivity contribution in [2.24, 2.45) is 5.73 Å². The summed E-state index contributed by atoms with van der Waals surface area (Å²) >= 11 is 0. The van der Waals surface area contributed by atoms with Gasteiger partial charge in [-0.25, -0.2) is 4.79 Å². The van der Waals surface area contributed by atoms with Gasteiger partial charge in [-0.05, 0) is 0 Å². The van der Waals surface area contributed by atoms with E-state index in [0.29, 0.717) is 19.6 Å². The maximum Gasteiger partial charge on any atom is 0.406 e. The summed E-state index contributed by atoms with van der Waals surface area (Å²) in [5, 5.41) is 7.61. The average molecular weight is 274 g/mol. The van der Waals surface area contributed by atoms with E-state index in [4.69, 9.17) is 5.73 Å². The lowest BCUT2D eigenvalue weighted by Crippen LogP contribution is -2.41. The van der Waals surface area contributed by atoms with Gasteiger partial charge in [0.15, 0.2) is 0 Å². The van der Waals surface area contributed by atoms with Crippen LogP contribution in [0.3, 0.4) is 0 Å². The molecule has 0 radical (unpaired) electrons. The van der Waals surface area contributed by atoms with Crippen molar-refractivity contribution < 1.29 is 9.53 Å². The molecule has 8 nitrogen and oxygen atoms in total. The second-order valence-electron chi connectivity index (χ2n) is 3.47. The van der Waals surface area contributed by atoms with E-state index in [1.165, 1.54) is 7.11 Å². The fourth-order valence-corrected chi connectivity index (χ4v) is 1.28. The fraction of sp³-hybridized carbons (Fsp3) is 0.727. The van der Waals surface area contributed by atoms with Crippen LogP contribution < -0.4 is 27.3 Å². The van der Waals surface area contributed by atoms with Crippen molar-refractivity contribution in [1.29, 1.82) is 0 Å². The van der Waals surface area contributed by atoms with E-state index in [2.05, 4.69) is 26.3 Å². The number of nitrogens with one attached hydrogen (secondary N) is 4. The van der Waals surface area contributed by atoms with Gasteiger partial charge in [0.2, 0.25) is 0 Å². The van der Waals surface area contributed by atoms with E-state index in [-0.39, 0.29) is 0 Å². The first kappa shape index (κ1) is 17.5. The van der Waals surface area contributed by atoms with Crippen LogP contribution in [0.5, 0.6) is 0 Å². The highest BCUT2D eigenvalue weighted by atomic mass is 16.5. The third-order valence-electron chi connectivity index (χ3n) is 2.12. The zero-order valence-electron chi connectivity index (χ0n) is 12.0. The Morgan fingerprint density at radius 3 is 2.84 bits per heavy atom. The molecule has 1 heterocycles. The molecule has 0 unspecified atom stereocenters. The minimum absolute atomic E-state index is 0.425. The van der Waals surface area contributed by atoms with Crippen molar-refractivity contribution in [3.63, 3.8) is 0 Å². The number of hydrazine groups is 2. The monoisotopic (exact) mass is 274 g/mol. The van der Waals surface area contributed by atoms with Crippen LogP contribution in [0.1, 0.15) is 13.8 Å². The molecule has 19 heavy (non-hydrogen) atoms. The normalized spacial score (nSPS) is 13.1. The van der Waals surface area contributed by atoms with Gasteiger partial charge >= 0.3 is 6.09 Å². The molecule has 112 valence electrons. The van der Waals surface area contributed by atoms with E-state index < -0.39 is 6.09 Å². The van der Waals surface area contributed by atoms with Crippen LogP contribution in [-0.4, -0.2) is 50.9 Å². The Balaban J connectivity index is 0.00000154. The van der Waals surface area contributed by atoms with Crippen molar-refractivity contribution in [2.75, 3.05) is 39.8 Å². The molecule has 1 rings (SSSR count). The van der Waals surface area contributed by atoms with Crippen molar-refractivity contribution in [3.8, 4) is 0 Å². The lowest BCUT2D eigenvalue weighted by Gasteiger charge is -2.14. The number of hydrogen-bond acceptors (Lipinski definition) is 7. The van der Waals surface area contributed by atoms with Crippen LogP contribution in [0, 0.1) is 0 Å². The summed E-state index contributed by atoms with van der Waals surface area (Å²) in [7, 11) is 1.34. The van der Waals surface area contributed by atoms with Crippen molar-refractivity contribution in [3.05, 3.63) is 11.9 Å². The number of nitrogens with two attached hydrogens (primary N) is 1. The van der Waals surface area contributed by atoms with E-state index >= 15 is 0 Å². The van der Waals surface area contributed by atoms with Crippen molar-refractivity contribution in [2.45, 2.75) is 13.8 Å². The predicted molar refractivity (Wildman–Crippen MR) is 74.7 cm³/mol. The summed E-state index contributed by atoms with van der Waals surface area (Å²) < 4.78 is 4.46. The highest BCUT2D eigenvalue weighted by Crippen LogP contribution is 1.96. The molecule has 0 bridgehead atoms. The molecule has 8 heteroatoms. The number of ether oxygens (including phenoxy) is 1. The highest BCUT2D eigenvalue weighted by Gasteiger charge is 2.10. The highest BCUT2D eigenvalue weighted by molar-refractivity contribution is 5.66. The Morgan fingerprint density at radius 2 is 2.21 bits per heavy atom. The van der Waals surface area contributed by atoms with E-state index in [1.807, 2.05) is 25.1 Å². The Kier molecular flexibility index (Phi) is 10.7. The van der Waals surface area contributed by atoms with Crippen molar-refractivity contribution in [1.82, 2.24) is 26.6 Å². The molecule has 0 fully saturated rings. The average Bonchev–Trinajstić information content (AvgIpc) is 2.89. The molecule has 1 aliphatic rings. The number of methoxy groups -OCH3 is 1. The molecule has 0 atom stereocenters. The van der Waals surface area contributed by atoms with Gasteiger partial charge < -0.3 is 26.5 Å². The standard InChI is InChI=1S/C9H20N6O2.C2H6/c1-17-9(16)12-4-5-15-7-8(13-14-15)6-11-3-2-10;1-2/h7,11,13-14H,2-6,10H2,1H3,(H,12,16);1-2H3. The number of alkyl carbamates (subject to hydrolysis) is 1. The van der Waals surface area contributed by atoms with Crippen LogP contribution in [-0.2, 0) is 4.74 Å². The zero-order valence-corrected chi connectivity index (χ0v) is 12.0. The topological polar surface area (TPSA) is 104 Å². The summed E-state index contributed by atoms with van der Waals surface area (Å²) in [6.45, 7) is 7.27. The predicted octanol–water partition coefficient (Wildman–Crippen LogP) is -0.917. The molecule has 1 aliphatic heterocycles. The molecule has 6 N–H and O–H groups in total. The summed E-state index contributed by atoms with van der Waals surface area (Å²) in [6, 6.07) is 0. The molecule has 1 amide bonds. The Bertz CT molecular complexity index is 272. The molecular weight excluding hydrogens is 248 g/mol. The Labute approximate surface area is 114 Å². The first-order valence-electron chi connectivity index (χ1n) is 6.48. The molecule has 0 aromatic heterocycles. The largest absolute Gasteiger partial charge is 0.453 e. The molecule has 0 aromatic rings. The quantitative estimate of drug-likeness (QED) is 0.383. The zero-order chi connectivity index (χ0) is 14.5. The van der Waals surface area contributed by atoms with E-state index in [9.17, 15) is 4.79 Å². The van der Waals surface area contributed by atoms with Crippen molar-refractivity contribution >= 4 is 6.09 Å². The second kappa shape index (κ2) is 11.6. The summed E-state index contributed by atoms with van der Waals surface area (Å²) in [5.74, 6) is 0. The third-order valence-corrected chi connectivity index (χ3v) is 2.12. The van der Waals surface area contributed by atoms with Gasteiger partial charge in [-0.1, -0.05) is 13.8 Å². The first-order chi connectivity index (χ1) is 9.26. The maximum absolute atomic E-state index is 10.8. The van der Waals surface area contributed by atoms with Crippen LogP contribution in [0.15, 0.2) is 11.9 Å². The first-order valence-corrected chi connectivity index (χ1v) is 6.48. The number of amides is 1. The second-order valence-corrected chi connectivity index (χ2v) is 3.47.